The lowest BCUT2D eigenvalue weighted by atomic mass is 9.99. The van der Waals surface area contributed by atoms with Gasteiger partial charge in [0.15, 0.2) is 0 Å². The van der Waals surface area contributed by atoms with Crippen LogP contribution in [0.15, 0.2) is 42.7 Å². The number of para-hydroxylation sites is 1. The first kappa shape index (κ1) is 14.4. The molecule has 1 unspecified atom stereocenters. The molecule has 1 heterocycles. The Kier molecular flexibility index (Phi) is 4.60. The maximum Gasteiger partial charge on any atom is 0.387 e. The van der Waals surface area contributed by atoms with Gasteiger partial charge in [-0.25, -0.2) is 5.43 Å². The standard InChI is InChI=1S/C14H15F2N3O/c1-9-6-10(8-18-7-9)13(19-17)11-4-2-3-5-12(11)20-14(15)16/h2-8,13-14,19H,17H2,1H3. The number of halogens is 2. The van der Waals surface area contributed by atoms with Gasteiger partial charge in [0, 0.05) is 18.0 Å². The molecule has 0 saturated carbocycles. The largest absolute Gasteiger partial charge is 0.434 e. The molecule has 0 aliphatic carbocycles. The summed E-state index contributed by atoms with van der Waals surface area (Å²) in [6.07, 6.45) is 3.34. The molecule has 0 fully saturated rings. The molecule has 0 radical (unpaired) electrons. The van der Waals surface area contributed by atoms with Gasteiger partial charge in [-0.3, -0.25) is 10.8 Å². The third-order valence-electron chi connectivity index (χ3n) is 2.84. The van der Waals surface area contributed by atoms with Gasteiger partial charge < -0.3 is 4.74 Å². The number of hydrogen-bond acceptors (Lipinski definition) is 4. The Morgan fingerprint density at radius 2 is 2.00 bits per heavy atom. The number of hydrazine groups is 1. The molecule has 0 bridgehead atoms. The highest BCUT2D eigenvalue weighted by Gasteiger charge is 2.19. The number of rotatable bonds is 5. The third kappa shape index (κ3) is 3.28. The summed E-state index contributed by atoms with van der Waals surface area (Å²) in [6.45, 7) is -0.990. The Hall–Kier alpha value is -2.05. The number of nitrogens with one attached hydrogen (secondary N) is 1. The first-order valence-electron chi connectivity index (χ1n) is 6.03. The molecule has 1 aromatic heterocycles. The normalized spacial score (nSPS) is 12.4. The molecule has 1 atom stereocenters. The maximum atomic E-state index is 12.4. The lowest BCUT2D eigenvalue weighted by Gasteiger charge is -2.20. The van der Waals surface area contributed by atoms with Gasteiger partial charge in [0.05, 0.1) is 6.04 Å². The van der Waals surface area contributed by atoms with E-state index in [0.29, 0.717) is 5.56 Å². The third-order valence-corrected chi connectivity index (χ3v) is 2.84. The van der Waals surface area contributed by atoms with Gasteiger partial charge in [-0.2, -0.15) is 8.78 Å². The quantitative estimate of drug-likeness (QED) is 0.652. The fourth-order valence-corrected chi connectivity index (χ4v) is 2.02. The van der Waals surface area contributed by atoms with E-state index in [1.165, 1.54) is 6.07 Å². The van der Waals surface area contributed by atoms with Crippen LogP contribution in [-0.2, 0) is 0 Å². The molecule has 1 aromatic carbocycles. The highest BCUT2D eigenvalue weighted by Crippen LogP contribution is 2.30. The number of ether oxygens (including phenoxy) is 1. The Morgan fingerprint density at radius 1 is 1.25 bits per heavy atom. The Morgan fingerprint density at radius 3 is 2.65 bits per heavy atom. The van der Waals surface area contributed by atoms with Crippen molar-refractivity contribution in [3.05, 3.63) is 59.4 Å². The molecule has 4 nitrogen and oxygen atoms in total. The molecule has 0 amide bonds. The van der Waals surface area contributed by atoms with Gasteiger partial charge in [0.2, 0.25) is 0 Å². The first-order valence-corrected chi connectivity index (χ1v) is 6.03. The SMILES string of the molecule is Cc1cncc(C(NN)c2ccccc2OC(F)F)c1. The predicted molar refractivity (Wildman–Crippen MR) is 71.2 cm³/mol. The van der Waals surface area contributed by atoms with E-state index in [-0.39, 0.29) is 5.75 Å². The average molecular weight is 279 g/mol. The number of nitrogens with zero attached hydrogens (tertiary/aromatic N) is 1. The Balaban J connectivity index is 2.41. The van der Waals surface area contributed by atoms with E-state index in [1.807, 2.05) is 13.0 Å². The molecule has 2 aromatic rings. The van der Waals surface area contributed by atoms with Crippen molar-refractivity contribution >= 4 is 0 Å². The molecule has 0 aliphatic heterocycles. The van der Waals surface area contributed by atoms with Crippen molar-refractivity contribution in [2.24, 2.45) is 5.84 Å². The van der Waals surface area contributed by atoms with E-state index in [9.17, 15) is 8.78 Å². The molecule has 0 spiro atoms. The average Bonchev–Trinajstić information content (AvgIpc) is 2.41. The van der Waals surface area contributed by atoms with Gasteiger partial charge in [0.1, 0.15) is 5.75 Å². The van der Waals surface area contributed by atoms with Crippen molar-refractivity contribution in [3.8, 4) is 5.75 Å². The zero-order valence-electron chi connectivity index (χ0n) is 10.9. The van der Waals surface area contributed by atoms with Crippen LogP contribution in [0.25, 0.3) is 0 Å². The minimum Gasteiger partial charge on any atom is -0.434 e. The topological polar surface area (TPSA) is 60.2 Å². The number of aryl methyl sites for hydroxylation is 1. The summed E-state index contributed by atoms with van der Waals surface area (Å²) >= 11 is 0. The Bertz CT molecular complexity index is 578. The van der Waals surface area contributed by atoms with Crippen molar-refractivity contribution < 1.29 is 13.5 Å². The van der Waals surface area contributed by atoms with Crippen LogP contribution in [0.1, 0.15) is 22.7 Å². The van der Waals surface area contributed by atoms with E-state index in [2.05, 4.69) is 15.1 Å². The lowest BCUT2D eigenvalue weighted by Crippen LogP contribution is -2.29. The van der Waals surface area contributed by atoms with Crippen molar-refractivity contribution in [1.29, 1.82) is 0 Å². The summed E-state index contributed by atoms with van der Waals surface area (Å²) in [6, 6.07) is 7.94. The van der Waals surface area contributed by atoms with Crippen molar-refractivity contribution in [1.82, 2.24) is 10.4 Å². The van der Waals surface area contributed by atoms with Crippen LogP contribution < -0.4 is 16.0 Å². The fourth-order valence-electron chi connectivity index (χ4n) is 2.02. The molecular weight excluding hydrogens is 264 g/mol. The number of pyridine rings is 1. The number of aromatic nitrogens is 1. The van der Waals surface area contributed by atoms with Gasteiger partial charge >= 0.3 is 6.61 Å². The molecular formula is C14H15F2N3O. The first-order chi connectivity index (χ1) is 9.61. The van der Waals surface area contributed by atoms with Gasteiger partial charge in [0.25, 0.3) is 0 Å². The predicted octanol–water partition coefficient (Wildman–Crippen LogP) is 2.54. The number of nitrogens with two attached hydrogens (primary N) is 1. The molecule has 6 heteroatoms. The molecule has 0 aliphatic rings. The van der Waals surface area contributed by atoms with E-state index in [1.54, 1.807) is 30.6 Å². The van der Waals surface area contributed by atoms with Crippen molar-refractivity contribution in [2.75, 3.05) is 0 Å². The van der Waals surface area contributed by atoms with E-state index >= 15 is 0 Å². The minimum absolute atomic E-state index is 0.0898. The second kappa shape index (κ2) is 6.40. The van der Waals surface area contributed by atoms with Gasteiger partial charge in [-0.1, -0.05) is 24.3 Å². The summed E-state index contributed by atoms with van der Waals surface area (Å²) in [5.41, 5.74) is 4.87. The molecule has 106 valence electrons. The zero-order chi connectivity index (χ0) is 14.5. The van der Waals surface area contributed by atoms with Gasteiger partial charge in [-0.05, 0) is 24.1 Å². The number of alkyl halides is 2. The maximum absolute atomic E-state index is 12.4. The summed E-state index contributed by atoms with van der Waals surface area (Å²) in [5.74, 6) is 5.66. The lowest BCUT2D eigenvalue weighted by molar-refractivity contribution is -0.0506. The monoisotopic (exact) mass is 279 g/mol. The van der Waals surface area contributed by atoms with Crippen LogP contribution >= 0.6 is 0 Å². The van der Waals surface area contributed by atoms with Crippen LogP contribution in [0.4, 0.5) is 8.78 Å². The molecule has 0 saturated heterocycles. The second-order valence-corrected chi connectivity index (χ2v) is 4.31. The summed E-state index contributed by atoms with van der Waals surface area (Å²) in [7, 11) is 0. The summed E-state index contributed by atoms with van der Waals surface area (Å²) in [5, 5.41) is 0. The highest BCUT2D eigenvalue weighted by atomic mass is 19.3. The number of benzene rings is 1. The summed E-state index contributed by atoms with van der Waals surface area (Å²) in [4.78, 5) is 4.08. The molecule has 3 N–H and O–H groups in total. The van der Waals surface area contributed by atoms with Crippen LogP contribution in [0.2, 0.25) is 0 Å². The van der Waals surface area contributed by atoms with Crippen LogP contribution in [0.5, 0.6) is 5.75 Å². The minimum atomic E-state index is -2.88. The zero-order valence-corrected chi connectivity index (χ0v) is 10.9. The highest BCUT2D eigenvalue weighted by molar-refractivity contribution is 5.41. The fraction of sp³-hybridized carbons (Fsp3) is 0.214. The Labute approximate surface area is 115 Å². The van der Waals surface area contributed by atoms with Crippen LogP contribution in [0.3, 0.4) is 0 Å². The van der Waals surface area contributed by atoms with Crippen LogP contribution in [-0.4, -0.2) is 11.6 Å². The summed E-state index contributed by atoms with van der Waals surface area (Å²) < 4.78 is 29.4. The van der Waals surface area contributed by atoms with Gasteiger partial charge in [-0.15, -0.1) is 0 Å². The van der Waals surface area contributed by atoms with E-state index in [0.717, 1.165) is 11.1 Å². The smallest absolute Gasteiger partial charge is 0.387 e. The number of hydrogen-bond donors (Lipinski definition) is 2. The van der Waals surface area contributed by atoms with Crippen LogP contribution in [0, 0.1) is 6.92 Å². The van der Waals surface area contributed by atoms with Crippen molar-refractivity contribution in [3.63, 3.8) is 0 Å². The second-order valence-electron chi connectivity index (χ2n) is 4.31. The van der Waals surface area contributed by atoms with Crippen molar-refractivity contribution in [2.45, 2.75) is 19.6 Å². The van der Waals surface area contributed by atoms with E-state index in [4.69, 9.17) is 5.84 Å². The molecule has 2 rings (SSSR count). The van der Waals surface area contributed by atoms with E-state index < -0.39 is 12.7 Å². The molecule has 20 heavy (non-hydrogen) atoms.